The molecule has 0 aliphatic heterocycles. The molecule has 0 unspecified atom stereocenters. The molecular weight excluding hydrogens is 122 g/mol. The Hall–Kier alpha value is -0.700. The summed E-state index contributed by atoms with van der Waals surface area (Å²) in [4.78, 5) is 14.4. The molecule has 0 fully saturated rings. The molecular formula is C5H5NOS. The number of carbonyl (C=O) groups excluding carboxylic acids is 1. The van der Waals surface area contributed by atoms with Crippen LogP contribution in [0, 0.1) is 6.92 Å². The standard InChI is InChI=1S/C5H5NOS/c1-4-5(2-7)8-3-6-4/h2-3H,1H3/i3D. The minimum atomic E-state index is 0.203. The fraction of sp³-hybridized carbons (Fsp3) is 0.200. The van der Waals surface area contributed by atoms with Crippen LogP contribution in [-0.2, 0) is 0 Å². The lowest BCUT2D eigenvalue weighted by molar-refractivity contribution is 0.112. The van der Waals surface area contributed by atoms with Gasteiger partial charge in [-0.25, -0.2) is 4.98 Å². The molecule has 0 spiro atoms. The van der Waals surface area contributed by atoms with E-state index in [2.05, 4.69) is 4.98 Å². The lowest BCUT2D eigenvalue weighted by Gasteiger charge is -1.77. The second-order valence-corrected chi connectivity index (χ2v) is 2.20. The van der Waals surface area contributed by atoms with E-state index >= 15 is 0 Å². The molecule has 1 aromatic rings. The summed E-state index contributed by atoms with van der Waals surface area (Å²) in [6.45, 7) is 1.72. The zero-order valence-electron chi connectivity index (χ0n) is 5.34. The third-order valence-corrected chi connectivity index (χ3v) is 1.63. The zero-order valence-corrected chi connectivity index (χ0v) is 5.16. The summed E-state index contributed by atoms with van der Waals surface area (Å²) in [7, 11) is 0. The maximum absolute atomic E-state index is 10.1. The van der Waals surface area contributed by atoms with Crippen LogP contribution in [0.3, 0.4) is 0 Å². The second-order valence-electron chi connectivity index (χ2n) is 1.37. The Balaban J connectivity index is 3.15. The van der Waals surface area contributed by atoms with Crippen LogP contribution in [0.1, 0.15) is 16.7 Å². The van der Waals surface area contributed by atoms with E-state index in [9.17, 15) is 4.79 Å². The number of aldehydes is 1. The Kier molecular flexibility index (Phi) is 1.08. The first-order valence-corrected chi connectivity index (χ1v) is 2.95. The average Bonchev–Trinajstić information content (AvgIpc) is 2.10. The number of aryl methyl sites for hydroxylation is 1. The summed E-state index contributed by atoms with van der Waals surface area (Å²) in [5.74, 6) is 0. The molecule has 0 aliphatic carbocycles. The SMILES string of the molecule is [2H]c1nc(C)c(C=O)s1. The van der Waals surface area contributed by atoms with Crippen LogP contribution in [0.4, 0.5) is 0 Å². The molecule has 2 nitrogen and oxygen atoms in total. The molecule has 0 saturated heterocycles. The molecule has 0 aromatic carbocycles. The van der Waals surface area contributed by atoms with Gasteiger partial charge in [-0.3, -0.25) is 4.79 Å². The van der Waals surface area contributed by atoms with Gasteiger partial charge in [0, 0.05) is 0 Å². The van der Waals surface area contributed by atoms with Crippen LogP contribution >= 0.6 is 11.3 Å². The van der Waals surface area contributed by atoms with E-state index in [1.54, 1.807) is 6.92 Å². The van der Waals surface area contributed by atoms with E-state index in [1.807, 2.05) is 0 Å². The highest BCUT2D eigenvalue weighted by Crippen LogP contribution is 2.07. The molecule has 0 N–H and O–H groups in total. The summed E-state index contributed by atoms with van der Waals surface area (Å²) in [5.41, 5.74) is 0.856. The van der Waals surface area contributed by atoms with Crippen LogP contribution < -0.4 is 0 Å². The molecule has 1 heterocycles. The van der Waals surface area contributed by atoms with E-state index in [1.165, 1.54) is 0 Å². The van der Waals surface area contributed by atoms with Gasteiger partial charge in [-0.15, -0.1) is 11.3 Å². The number of nitrogens with zero attached hydrogens (tertiary/aromatic N) is 1. The minimum absolute atomic E-state index is 0.203. The van der Waals surface area contributed by atoms with Crippen molar-refractivity contribution in [2.75, 3.05) is 0 Å². The third kappa shape index (κ3) is 0.767. The zero-order chi connectivity index (χ0) is 6.85. The lowest BCUT2D eigenvalue weighted by Crippen LogP contribution is -1.75. The maximum atomic E-state index is 10.1. The van der Waals surface area contributed by atoms with Gasteiger partial charge in [0.1, 0.15) is 0 Å². The Morgan fingerprint density at radius 3 is 3.12 bits per heavy atom. The largest absolute Gasteiger partial charge is 0.297 e. The van der Waals surface area contributed by atoms with Crippen molar-refractivity contribution in [3.05, 3.63) is 16.1 Å². The first-order chi connectivity index (χ1) is 4.24. The Bertz CT molecular complexity index is 233. The van der Waals surface area contributed by atoms with Crippen LogP contribution in [0.25, 0.3) is 0 Å². The summed E-state index contributed by atoms with van der Waals surface area (Å²) in [6.07, 6.45) is 0.727. The maximum Gasteiger partial charge on any atom is 0.161 e. The van der Waals surface area contributed by atoms with Crippen LogP contribution in [0.2, 0.25) is 0 Å². The highest BCUT2D eigenvalue weighted by Gasteiger charge is 1.95. The van der Waals surface area contributed by atoms with Crippen LogP contribution in [0.15, 0.2) is 5.49 Å². The molecule has 0 radical (unpaired) electrons. The normalized spacial score (nSPS) is 10.9. The topological polar surface area (TPSA) is 30.0 Å². The number of hydrogen-bond donors (Lipinski definition) is 0. The van der Waals surface area contributed by atoms with Gasteiger partial charge in [-0.2, -0.15) is 0 Å². The molecule has 8 heavy (non-hydrogen) atoms. The lowest BCUT2D eigenvalue weighted by atomic mass is 10.4. The molecule has 1 rings (SSSR count). The number of thiazole rings is 1. The number of hydrogen-bond acceptors (Lipinski definition) is 3. The quantitative estimate of drug-likeness (QED) is 0.533. The smallest absolute Gasteiger partial charge is 0.161 e. The predicted octanol–water partition coefficient (Wildman–Crippen LogP) is 1.26. The van der Waals surface area contributed by atoms with Crippen molar-refractivity contribution in [3.8, 4) is 0 Å². The van der Waals surface area contributed by atoms with Gasteiger partial charge in [0.25, 0.3) is 0 Å². The van der Waals surface area contributed by atoms with Crippen molar-refractivity contribution in [3.63, 3.8) is 0 Å². The van der Waals surface area contributed by atoms with Gasteiger partial charge in [-0.05, 0) is 6.92 Å². The number of rotatable bonds is 1. The van der Waals surface area contributed by atoms with E-state index in [4.69, 9.17) is 1.37 Å². The van der Waals surface area contributed by atoms with E-state index in [0.717, 1.165) is 17.6 Å². The van der Waals surface area contributed by atoms with Crippen molar-refractivity contribution in [1.82, 2.24) is 4.98 Å². The van der Waals surface area contributed by atoms with Crippen molar-refractivity contribution < 1.29 is 6.17 Å². The summed E-state index contributed by atoms with van der Waals surface area (Å²) in [5, 5.41) is 0. The van der Waals surface area contributed by atoms with Gasteiger partial charge >= 0.3 is 0 Å². The van der Waals surface area contributed by atoms with Crippen molar-refractivity contribution >= 4 is 17.6 Å². The molecule has 0 saturated carbocycles. The fourth-order valence-corrected chi connectivity index (χ4v) is 0.901. The van der Waals surface area contributed by atoms with E-state index < -0.39 is 0 Å². The fourth-order valence-electron chi connectivity index (χ4n) is 0.379. The number of carbonyl (C=O) groups is 1. The molecule has 0 amide bonds. The van der Waals surface area contributed by atoms with Gasteiger partial charge in [0.2, 0.25) is 0 Å². The van der Waals surface area contributed by atoms with Gasteiger partial charge < -0.3 is 0 Å². The van der Waals surface area contributed by atoms with Gasteiger partial charge in [0.15, 0.2) is 6.29 Å². The predicted molar refractivity (Wildman–Crippen MR) is 32.2 cm³/mol. The van der Waals surface area contributed by atoms with Gasteiger partial charge in [0.05, 0.1) is 17.4 Å². The first kappa shape index (κ1) is 4.21. The molecule has 0 bridgehead atoms. The minimum Gasteiger partial charge on any atom is -0.297 e. The number of aromatic nitrogens is 1. The summed E-state index contributed by atoms with van der Waals surface area (Å²) in [6, 6.07) is 0. The Morgan fingerprint density at radius 2 is 2.88 bits per heavy atom. The Morgan fingerprint density at radius 1 is 2.12 bits per heavy atom. The molecule has 0 aliphatic rings. The first-order valence-electron chi connectivity index (χ1n) is 2.63. The molecule has 1 aromatic heterocycles. The molecule has 42 valence electrons. The highest BCUT2D eigenvalue weighted by molar-refractivity contribution is 7.11. The third-order valence-electron chi connectivity index (χ3n) is 0.833. The Labute approximate surface area is 52.6 Å². The van der Waals surface area contributed by atoms with Crippen LogP contribution in [-0.4, -0.2) is 11.3 Å². The van der Waals surface area contributed by atoms with Crippen LogP contribution in [0.5, 0.6) is 0 Å². The second kappa shape index (κ2) is 2.05. The molecule has 3 heteroatoms. The van der Waals surface area contributed by atoms with Crippen molar-refractivity contribution in [2.24, 2.45) is 0 Å². The van der Waals surface area contributed by atoms with E-state index in [0.29, 0.717) is 10.6 Å². The average molecular weight is 128 g/mol. The van der Waals surface area contributed by atoms with E-state index in [-0.39, 0.29) is 5.49 Å². The van der Waals surface area contributed by atoms with Crippen molar-refractivity contribution in [1.29, 1.82) is 0 Å². The summed E-state index contributed by atoms with van der Waals surface area (Å²) >= 11 is 1.10. The molecule has 0 atom stereocenters. The highest BCUT2D eigenvalue weighted by atomic mass is 32.1. The van der Waals surface area contributed by atoms with Crippen molar-refractivity contribution in [2.45, 2.75) is 6.92 Å². The van der Waals surface area contributed by atoms with Gasteiger partial charge in [-0.1, -0.05) is 0 Å². The summed E-state index contributed by atoms with van der Waals surface area (Å²) < 4.78 is 7.01. The monoisotopic (exact) mass is 128 g/mol.